The first-order valence-corrected chi connectivity index (χ1v) is 3.81. The van der Waals surface area contributed by atoms with Crippen molar-refractivity contribution in [2.75, 3.05) is 0 Å². The number of primary amides is 1. The average molecular weight is 192 g/mol. The second kappa shape index (κ2) is 4.18. The lowest BCUT2D eigenvalue weighted by Gasteiger charge is -2.00. The van der Waals surface area contributed by atoms with E-state index in [2.05, 4.69) is 5.73 Å². The Morgan fingerprint density at radius 1 is 1.07 bits per heavy atom. The minimum absolute atomic E-state index is 0.294. The van der Waals surface area contributed by atoms with Gasteiger partial charge in [0, 0.05) is 5.56 Å². The zero-order chi connectivity index (χ0) is 10.6. The van der Waals surface area contributed by atoms with Crippen LogP contribution in [-0.2, 0) is 9.59 Å². The van der Waals surface area contributed by atoms with Crippen LogP contribution in [0.15, 0.2) is 30.3 Å². The Bertz CT molecular complexity index is 373. The van der Waals surface area contributed by atoms with Crippen LogP contribution in [0.3, 0.4) is 0 Å². The van der Waals surface area contributed by atoms with Gasteiger partial charge in [-0.25, -0.2) is 0 Å². The number of imide groups is 1. The van der Waals surface area contributed by atoms with E-state index in [-0.39, 0.29) is 0 Å². The van der Waals surface area contributed by atoms with Crippen molar-refractivity contribution < 1.29 is 14.4 Å². The summed E-state index contributed by atoms with van der Waals surface area (Å²) in [5.74, 6) is -2.94. The van der Waals surface area contributed by atoms with Crippen molar-refractivity contribution in [3.05, 3.63) is 35.9 Å². The highest BCUT2D eigenvalue weighted by atomic mass is 16.2. The molecule has 0 saturated heterocycles. The summed E-state index contributed by atoms with van der Waals surface area (Å²) in [6.45, 7) is 0. The Labute approximate surface area is 79.9 Å². The number of carbonyl (C=O) groups excluding carboxylic acids is 3. The zero-order valence-electron chi connectivity index (χ0n) is 7.19. The molecule has 0 fully saturated rings. The van der Waals surface area contributed by atoms with E-state index in [1.54, 1.807) is 18.2 Å². The third kappa shape index (κ3) is 2.41. The number of hydrogen-bond donors (Lipinski definition) is 2. The SMILES string of the molecule is NC(=O)C(=O)NC(=O)c1ccccc1. The van der Waals surface area contributed by atoms with Crippen molar-refractivity contribution >= 4 is 17.7 Å². The fraction of sp³-hybridized carbons (Fsp3) is 0. The van der Waals surface area contributed by atoms with Gasteiger partial charge in [-0.2, -0.15) is 0 Å². The highest BCUT2D eigenvalue weighted by Gasteiger charge is 2.13. The van der Waals surface area contributed by atoms with Gasteiger partial charge in [0.05, 0.1) is 0 Å². The van der Waals surface area contributed by atoms with Gasteiger partial charge in [-0.3, -0.25) is 19.7 Å². The predicted octanol–water partition coefficient (Wildman–Crippen LogP) is -0.572. The first-order chi connectivity index (χ1) is 6.61. The fourth-order valence-electron chi connectivity index (χ4n) is 0.826. The topological polar surface area (TPSA) is 89.3 Å². The van der Waals surface area contributed by atoms with Crippen molar-refractivity contribution in [2.24, 2.45) is 5.73 Å². The zero-order valence-corrected chi connectivity index (χ0v) is 7.19. The van der Waals surface area contributed by atoms with E-state index < -0.39 is 17.7 Å². The molecular formula is C9H8N2O3. The Kier molecular flexibility index (Phi) is 2.96. The molecule has 0 unspecified atom stereocenters. The molecule has 0 spiro atoms. The summed E-state index contributed by atoms with van der Waals surface area (Å²) in [7, 11) is 0. The van der Waals surface area contributed by atoms with Gasteiger partial charge in [0.25, 0.3) is 5.91 Å². The number of amides is 3. The van der Waals surface area contributed by atoms with Crippen molar-refractivity contribution in [1.82, 2.24) is 5.32 Å². The molecule has 0 aliphatic rings. The van der Waals surface area contributed by atoms with Crippen molar-refractivity contribution in [3.63, 3.8) is 0 Å². The summed E-state index contributed by atoms with van der Waals surface area (Å²) >= 11 is 0. The van der Waals surface area contributed by atoms with Crippen LogP contribution < -0.4 is 11.1 Å². The second-order valence-corrected chi connectivity index (χ2v) is 2.51. The van der Waals surface area contributed by atoms with E-state index in [4.69, 9.17) is 0 Å². The molecule has 1 rings (SSSR count). The first kappa shape index (κ1) is 9.91. The molecule has 3 amide bonds. The number of hydrogen-bond acceptors (Lipinski definition) is 3. The van der Waals surface area contributed by atoms with Crippen molar-refractivity contribution in [2.45, 2.75) is 0 Å². The highest BCUT2D eigenvalue weighted by molar-refractivity contribution is 6.37. The predicted molar refractivity (Wildman–Crippen MR) is 48.1 cm³/mol. The summed E-state index contributed by atoms with van der Waals surface area (Å²) in [5.41, 5.74) is 4.95. The Morgan fingerprint density at radius 3 is 2.14 bits per heavy atom. The summed E-state index contributed by atoms with van der Waals surface area (Å²) in [4.78, 5) is 32.3. The molecule has 14 heavy (non-hydrogen) atoms. The van der Waals surface area contributed by atoms with Crippen LogP contribution >= 0.6 is 0 Å². The van der Waals surface area contributed by atoms with Crippen LogP contribution in [-0.4, -0.2) is 17.7 Å². The molecule has 5 heteroatoms. The summed E-state index contributed by atoms with van der Waals surface area (Å²) in [6.07, 6.45) is 0. The molecule has 3 N–H and O–H groups in total. The summed E-state index contributed by atoms with van der Waals surface area (Å²) in [6, 6.07) is 8.05. The van der Waals surface area contributed by atoms with Gasteiger partial charge < -0.3 is 5.73 Å². The molecule has 0 aliphatic carbocycles. The number of nitrogens with one attached hydrogen (secondary N) is 1. The van der Waals surface area contributed by atoms with Gasteiger partial charge >= 0.3 is 11.8 Å². The number of rotatable bonds is 1. The van der Waals surface area contributed by atoms with Crippen LogP contribution in [0.25, 0.3) is 0 Å². The molecule has 0 aliphatic heterocycles. The molecular weight excluding hydrogens is 184 g/mol. The Morgan fingerprint density at radius 2 is 1.64 bits per heavy atom. The van der Waals surface area contributed by atoms with Gasteiger partial charge in [-0.1, -0.05) is 18.2 Å². The number of carbonyl (C=O) groups is 3. The van der Waals surface area contributed by atoms with Gasteiger partial charge in [-0.05, 0) is 12.1 Å². The molecule has 0 radical (unpaired) electrons. The molecule has 0 atom stereocenters. The molecule has 0 heterocycles. The van der Waals surface area contributed by atoms with E-state index >= 15 is 0 Å². The van der Waals surface area contributed by atoms with Crippen LogP contribution in [0.4, 0.5) is 0 Å². The third-order valence-electron chi connectivity index (χ3n) is 1.49. The third-order valence-corrected chi connectivity index (χ3v) is 1.49. The van der Waals surface area contributed by atoms with Crippen LogP contribution in [0.5, 0.6) is 0 Å². The van der Waals surface area contributed by atoms with Crippen LogP contribution in [0.1, 0.15) is 10.4 Å². The van der Waals surface area contributed by atoms with E-state index in [0.29, 0.717) is 5.56 Å². The summed E-state index contributed by atoms with van der Waals surface area (Å²) in [5, 5.41) is 1.84. The standard InChI is InChI=1S/C9H8N2O3/c10-7(12)9(14)11-8(13)6-4-2-1-3-5-6/h1-5H,(H2,10,12)(H,11,13,14). The molecule has 1 aromatic carbocycles. The Hall–Kier alpha value is -2.17. The van der Waals surface area contributed by atoms with E-state index in [9.17, 15) is 14.4 Å². The molecule has 0 saturated carbocycles. The number of benzene rings is 1. The maximum atomic E-state index is 11.2. The van der Waals surface area contributed by atoms with Gasteiger partial charge in [0.15, 0.2) is 0 Å². The highest BCUT2D eigenvalue weighted by Crippen LogP contribution is 1.97. The Balaban J connectivity index is 2.69. The van der Waals surface area contributed by atoms with Crippen LogP contribution in [0.2, 0.25) is 0 Å². The number of nitrogens with two attached hydrogens (primary N) is 1. The van der Waals surface area contributed by atoms with Gasteiger partial charge in [0.2, 0.25) is 0 Å². The molecule has 0 aromatic heterocycles. The molecule has 72 valence electrons. The quantitative estimate of drug-likeness (QED) is 0.584. The maximum Gasteiger partial charge on any atom is 0.315 e. The minimum atomic E-state index is -1.19. The monoisotopic (exact) mass is 192 g/mol. The lowest BCUT2D eigenvalue weighted by Crippen LogP contribution is -2.39. The fourth-order valence-corrected chi connectivity index (χ4v) is 0.826. The van der Waals surface area contributed by atoms with Gasteiger partial charge in [0.1, 0.15) is 0 Å². The van der Waals surface area contributed by atoms with Crippen LogP contribution in [0, 0.1) is 0 Å². The first-order valence-electron chi connectivity index (χ1n) is 3.81. The van der Waals surface area contributed by atoms with E-state index in [0.717, 1.165) is 0 Å². The molecule has 0 bridgehead atoms. The lowest BCUT2D eigenvalue weighted by atomic mass is 10.2. The average Bonchev–Trinajstić information content (AvgIpc) is 2.19. The van der Waals surface area contributed by atoms with Crippen molar-refractivity contribution in [1.29, 1.82) is 0 Å². The minimum Gasteiger partial charge on any atom is -0.361 e. The lowest BCUT2D eigenvalue weighted by molar-refractivity contribution is -0.136. The van der Waals surface area contributed by atoms with Gasteiger partial charge in [-0.15, -0.1) is 0 Å². The summed E-state index contributed by atoms with van der Waals surface area (Å²) < 4.78 is 0. The van der Waals surface area contributed by atoms with Crippen molar-refractivity contribution in [3.8, 4) is 0 Å². The van der Waals surface area contributed by atoms with E-state index in [1.165, 1.54) is 12.1 Å². The van der Waals surface area contributed by atoms with E-state index in [1.807, 2.05) is 5.32 Å². The largest absolute Gasteiger partial charge is 0.361 e. The second-order valence-electron chi connectivity index (χ2n) is 2.51. The molecule has 1 aromatic rings. The smallest absolute Gasteiger partial charge is 0.315 e. The maximum absolute atomic E-state index is 11.2. The normalized spacial score (nSPS) is 9.14. The molecule has 5 nitrogen and oxygen atoms in total.